The highest BCUT2D eigenvalue weighted by molar-refractivity contribution is 7.99. The quantitative estimate of drug-likeness (QED) is 0.342. The summed E-state index contributed by atoms with van der Waals surface area (Å²) in [6.07, 6.45) is 4.64. The van der Waals surface area contributed by atoms with Crippen molar-refractivity contribution in [3.63, 3.8) is 0 Å². The molecule has 0 saturated carbocycles. The van der Waals surface area contributed by atoms with Crippen LogP contribution in [0.1, 0.15) is 15.9 Å². The first-order chi connectivity index (χ1) is 17.0. The maximum Gasteiger partial charge on any atom is 0.251 e. The molecule has 2 aromatic carbocycles. The minimum absolute atomic E-state index is 0.0638. The van der Waals surface area contributed by atoms with Gasteiger partial charge in [-0.3, -0.25) is 14.6 Å². The van der Waals surface area contributed by atoms with Gasteiger partial charge in [-0.05, 0) is 48.0 Å². The number of halogens is 1. The van der Waals surface area contributed by atoms with Crippen LogP contribution in [0.5, 0.6) is 11.5 Å². The third-order valence-corrected chi connectivity index (χ3v) is 5.76. The lowest BCUT2D eigenvalue weighted by molar-refractivity contribution is -0.113. The molecule has 0 unspecified atom stereocenters. The van der Waals surface area contributed by atoms with Crippen LogP contribution in [-0.4, -0.2) is 37.3 Å². The molecule has 0 atom stereocenters. The van der Waals surface area contributed by atoms with E-state index >= 15 is 0 Å². The minimum atomic E-state index is -0.551. The van der Waals surface area contributed by atoms with Crippen LogP contribution < -0.4 is 15.4 Å². The van der Waals surface area contributed by atoms with Gasteiger partial charge in [0.15, 0.2) is 16.7 Å². The summed E-state index contributed by atoms with van der Waals surface area (Å²) in [4.78, 5) is 28.8. The second-order valence-electron chi connectivity index (χ2n) is 7.38. The van der Waals surface area contributed by atoms with Crippen molar-refractivity contribution in [1.29, 1.82) is 0 Å². The topological polar surface area (TPSA) is 111 Å². The molecule has 4 aromatic rings. The number of aromatic nitrogens is 4. The summed E-state index contributed by atoms with van der Waals surface area (Å²) >= 11 is 1.26. The second-order valence-corrected chi connectivity index (χ2v) is 8.32. The number of thioether (sulfide) groups is 1. The standard InChI is InChI=1S/C24H21FN6O3S/c1-31-15-28-30-24(31)35-14-22(32)29-18-5-2-4-17(11-18)23(33)27-12-16-7-8-21(20(25)10-16)34-19-6-3-9-26-13-19/h2-11,13,15H,12,14H2,1H3,(H,27,33)(H,29,32). The Bertz CT molecular complexity index is 1330. The van der Waals surface area contributed by atoms with Crippen LogP contribution in [0.4, 0.5) is 10.1 Å². The maximum atomic E-state index is 14.4. The molecule has 2 aromatic heterocycles. The van der Waals surface area contributed by atoms with Crippen molar-refractivity contribution in [3.8, 4) is 11.5 Å². The SMILES string of the molecule is Cn1cnnc1SCC(=O)Nc1cccc(C(=O)NCc2ccc(Oc3cccnc3)c(F)c2)c1. The van der Waals surface area contributed by atoms with Crippen molar-refractivity contribution in [1.82, 2.24) is 25.1 Å². The van der Waals surface area contributed by atoms with Gasteiger partial charge in [0.05, 0.1) is 11.9 Å². The Kier molecular flexibility index (Phi) is 7.68. The van der Waals surface area contributed by atoms with E-state index < -0.39 is 5.82 Å². The molecule has 4 rings (SSSR count). The highest BCUT2D eigenvalue weighted by Gasteiger charge is 2.11. The van der Waals surface area contributed by atoms with Gasteiger partial charge in [0.1, 0.15) is 12.1 Å². The van der Waals surface area contributed by atoms with E-state index in [1.54, 1.807) is 66.6 Å². The number of aryl methyl sites for hydroxylation is 1. The first-order valence-electron chi connectivity index (χ1n) is 10.5. The number of amides is 2. The smallest absolute Gasteiger partial charge is 0.251 e. The Morgan fingerprint density at radius 1 is 1.14 bits per heavy atom. The van der Waals surface area contributed by atoms with E-state index in [0.29, 0.717) is 27.7 Å². The van der Waals surface area contributed by atoms with Crippen molar-refractivity contribution >= 4 is 29.3 Å². The molecule has 11 heteroatoms. The predicted octanol–water partition coefficient (Wildman–Crippen LogP) is 3.80. The van der Waals surface area contributed by atoms with E-state index in [2.05, 4.69) is 25.8 Å². The van der Waals surface area contributed by atoms with E-state index in [9.17, 15) is 14.0 Å². The summed E-state index contributed by atoms with van der Waals surface area (Å²) in [5, 5.41) is 13.8. The van der Waals surface area contributed by atoms with Crippen LogP contribution >= 0.6 is 11.8 Å². The van der Waals surface area contributed by atoms with Crippen molar-refractivity contribution in [2.45, 2.75) is 11.7 Å². The lowest BCUT2D eigenvalue weighted by Gasteiger charge is -2.10. The Hall–Kier alpha value is -4.25. The van der Waals surface area contributed by atoms with Crippen molar-refractivity contribution in [2.75, 3.05) is 11.1 Å². The maximum absolute atomic E-state index is 14.4. The van der Waals surface area contributed by atoms with Crippen molar-refractivity contribution < 1.29 is 18.7 Å². The zero-order valence-electron chi connectivity index (χ0n) is 18.6. The van der Waals surface area contributed by atoms with Gasteiger partial charge in [-0.25, -0.2) is 4.39 Å². The molecule has 0 aliphatic heterocycles. The highest BCUT2D eigenvalue weighted by Crippen LogP contribution is 2.24. The molecule has 0 bridgehead atoms. The molecule has 178 valence electrons. The molecule has 2 amide bonds. The average molecular weight is 493 g/mol. The zero-order chi connectivity index (χ0) is 24.6. The summed E-state index contributed by atoms with van der Waals surface area (Å²) < 4.78 is 21.6. The number of pyridine rings is 1. The summed E-state index contributed by atoms with van der Waals surface area (Å²) in [5.74, 6) is -0.509. The number of carbonyl (C=O) groups excluding carboxylic acids is 2. The predicted molar refractivity (Wildman–Crippen MR) is 129 cm³/mol. The van der Waals surface area contributed by atoms with E-state index in [4.69, 9.17) is 4.74 Å². The van der Waals surface area contributed by atoms with Crippen LogP contribution in [0, 0.1) is 5.82 Å². The monoisotopic (exact) mass is 492 g/mol. The van der Waals surface area contributed by atoms with Crippen LogP contribution in [0.15, 0.2) is 78.5 Å². The molecule has 0 fully saturated rings. The Morgan fingerprint density at radius 2 is 2.03 bits per heavy atom. The Balaban J connectivity index is 1.30. The van der Waals surface area contributed by atoms with Crippen LogP contribution in [0.3, 0.4) is 0 Å². The van der Waals surface area contributed by atoms with Gasteiger partial charge in [0.2, 0.25) is 5.91 Å². The fourth-order valence-electron chi connectivity index (χ4n) is 3.02. The minimum Gasteiger partial charge on any atom is -0.453 e. The number of ether oxygens (including phenoxy) is 1. The summed E-state index contributed by atoms with van der Waals surface area (Å²) in [6, 6.07) is 14.4. The summed E-state index contributed by atoms with van der Waals surface area (Å²) in [6.45, 7) is 0.119. The number of rotatable bonds is 9. The molecule has 2 N–H and O–H groups in total. The van der Waals surface area contributed by atoms with Gasteiger partial charge < -0.3 is 19.9 Å². The van der Waals surface area contributed by atoms with Gasteiger partial charge in [0, 0.05) is 31.0 Å². The Morgan fingerprint density at radius 3 is 2.77 bits per heavy atom. The van der Waals surface area contributed by atoms with E-state index in [0.717, 1.165) is 0 Å². The molecular formula is C24H21FN6O3S. The van der Waals surface area contributed by atoms with E-state index in [1.165, 1.54) is 30.1 Å². The van der Waals surface area contributed by atoms with Gasteiger partial charge in [-0.1, -0.05) is 23.9 Å². The van der Waals surface area contributed by atoms with Gasteiger partial charge in [-0.15, -0.1) is 10.2 Å². The van der Waals surface area contributed by atoms with Gasteiger partial charge in [-0.2, -0.15) is 0 Å². The molecule has 0 radical (unpaired) electrons. The van der Waals surface area contributed by atoms with E-state index in [1.807, 2.05) is 0 Å². The molecule has 2 heterocycles. The third kappa shape index (κ3) is 6.64. The molecule has 35 heavy (non-hydrogen) atoms. The highest BCUT2D eigenvalue weighted by atomic mass is 32.2. The number of anilines is 1. The number of nitrogens with zero attached hydrogens (tertiary/aromatic N) is 4. The average Bonchev–Trinajstić information content (AvgIpc) is 3.28. The van der Waals surface area contributed by atoms with E-state index in [-0.39, 0.29) is 29.9 Å². The fourth-order valence-corrected chi connectivity index (χ4v) is 3.71. The van der Waals surface area contributed by atoms with Crippen LogP contribution in [0.25, 0.3) is 0 Å². The lowest BCUT2D eigenvalue weighted by atomic mass is 10.1. The number of nitrogens with one attached hydrogen (secondary N) is 2. The molecule has 9 nitrogen and oxygen atoms in total. The van der Waals surface area contributed by atoms with Crippen LogP contribution in [0.2, 0.25) is 0 Å². The molecule has 0 aliphatic carbocycles. The van der Waals surface area contributed by atoms with Crippen molar-refractivity contribution in [2.24, 2.45) is 7.05 Å². The Labute approximate surface area is 204 Å². The lowest BCUT2D eigenvalue weighted by Crippen LogP contribution is -2.23. The zero-order valence-corrected chi connectivity index (χ0v) is 19.5. The first kappa shape index (κ1) is 23.9. The number of hydrogen-bond donors (Lipinski definition) is 2. The second kappa shape index (κ2) is 11.3. The summed E-state index contributed by atoms with van der Waals surface area (Å²) in [5.41, 5.74) is 1.42. The van der Waals surface area contributed by atoms with Crippen LogP contribution in [-0.2, 0) is 18.4 Å². The summed E-state index contributed by atoms with van der Waals surface area (Å²) in [7, 11) is 1.79. The number of hydrogen-bond acceptors (Lipinski definition) is 7. The molecular weight excluding hydrogens is 471 g/mol. The molecule has 0 saturated heterocycles. The normalized spacial score (nSPS) is 10.6. The molecule has 0 spiro atoms. The number of benzene rings is 2. The fraction of sp³-hybridized carbons (Fsp3) is 0.125. The first-order valence-corrected chi connectivity index (χ1v) is 11.5. The largest absolute Gasteiger partial charge is 0.453 e. The van der Waals surface area contributed by atoms with Gasteiger partial charge in [0.25, 0.3) is 5.91 Å². The van der Waals surface area contributed by atoms with Gasteiger partial charge >= 0.3 is 0 Å². The third-order valence-electron chi connectivity index (χ3n) is 4.72. The van der Waals surface area contributed by atoms with Crippen molar-refractivity contribution in [3.05, 3.63) is 90.3 Å². The molecule has 0 aliphatic rings. The number of carbonyl (C=O) groups is 2.